The van der Waals surface area contributed by atoms with Crippen molar-refractivity contribution >= 4 is 34.4 Å². The van der Waals surface area contributed by atoms with Gasteiger partial charge in [0.1, 0.15) is 10.8 Å². The van der Waals surface area contributed by atoms with E-state index in [9.17, 15) is 0 Å². The Morgan fingerprint density at radius 1 is 1.47 bits per heavy atom. The minimum atomic E-state index is 0.406. The third-order valence-corrected chi connectivity index (χ3v) is 4.16. The SMILES string of the molecule is Cc1ccnc(N(C)CCc2cccs2)c1C(N)=S. The lowest BCUT2D eigenvalue weighted by Gasteiger charge is -2.21. The molecule has 2 aromatic heterocycles. The van der Waals surface area contributed by atoms with Crippen molar-refractivity contribution in [3.8, 4) is 0 Å². The van der Waals surface area contributed by atoms with Crippen molar-refractivity contribution in [1.29, 1.82) is 0 Å². The monoisotopic (exact) mass is 291 g/mol. The molecule has 5 heteroatoms. The second kappa shape index (κ2) is 6.12. The van der Waals surface area contributed by atoms with Crippen LogP contribution in [0.15, 0.2) is 29.8 Å². The van der Waals surface area contributed by atoms with E-state index in [2.05, 4.69) is 27.4 Å². The maximum atomic E-state index is 5.81. The molecule has 2 heterocycles. The molecule has 0 aliphatic heterocycles. The summed E-state index contributed by atoms with van der Waals surface area (Å²) in [5, 5.41) is 2.10. The minimum absolute atomic E-state index is 0.406. The van der Waals surface area contributed by atoms with Crippen LogP contribution in [0.1, 0.15) is 16.0 Å². The van der Waals surface area contributed by atoms with E-state index in [0.29, 0.717) is 4.99 Å². The smallest absolute Gasteiger partial charge is 0.138 e. The molecule has 0 unspecified atom stereocenters. The van der Waals surface area contributed by atoms with Gasteiger partial charge in [0.15, 0.2) is 0 Å². The number of aryl methyl sites for hydroxylation is 1. The summed E-state index contributed by atoms with van der Waals surface area (Å²) in [7, 11) is 2.02. The molecule has 0 aliphatic rings. The van der Waals surface area contributed by atoms with Gasteiger partial charge in [-0.1, -0.05) is 18.3 Å². The van der Waals surface area contributed by atoms with Crippen molar-refractivity contribution in [2.45, 2.75) is 13.3 Å². The fourth-order valence-electron chi connectivity index (χ4n) is 1.98. The van der Waals surface area contributed by atoms with Gasteiger partial charge >= 0.3 is 0 Å². The van der Waals surface area contributed by atoms with Gasteiger partial charge in [0, 0.05) is 24.7 Å². The lowest BCUT2D eigenvalue weighted by molar-refractivity contribution is 0.866. The molecule has 0 radical (unpaired) electrons. The van der Waals surface area contributed by atoms with Gasteiger partial charge < -0.3 is 10.6 Å². The molecule has 2 rings (SSSR count). The average Bonchev–Trinajstić information content (AvgIpc) is 2.88. The fourth-order valence-corrected chi connectivity index (χ4v) is 2.93. The van der Waals surface area contributed by atoms with Crippen LogP contribution in [0.3, 0.4) is 0 Å². The van der Waals surface area contributed by atoms with Crippen molar-refractivity contribution in [2.24, 2.45) is 5.73 Å². The van der Waals surface area contributed by atoms with Gasteiger partial charge in [0.2, 0.25) is 0 Å². The van der Waals surface area contributed by atoms with E-state index in [0.717, 1.165) is 29.9 Å². The number of thiophene rings is 1. The van der Waals surface area contributed by atoms with Crippen LogP contribution in [0.5, 0.6) is 0 Å². The highest BCUT2D eigenvalue weighted by molar-refractivity contribution is 7.80. The van der Waals surface area contributed by atoms with Gasteiger partial charge in [0.25, 0.3) is 0 Å². The summed E-state index contributed by atoms with van der Waals surface area (Å²) in [5.41, 5.74) is 7.76. The number of thiocarbonyl (C=S) groups is 1. The molecule has 0 saturated heterocycles. The summed E-state index contributed by atoms with van der Waals surface area (Å²) in [5.74, 6) is 0.865. The first kappa shape index (κ1) is 14.0. The summed E-state index contributed by atoms with van der Waals surface area (Å²) in [4.78, 5) is 8.31. The number of nitrogens with zero attached hydrogens (tertiary/aromatic N) is 2. The molecule has 19 heavy (non-hydrogen) atoms. The van der Waals surface area contributed by atoms with Crippen molar-refractivity contribution in [3.63, 3.8) is 0 Å². The summed E-state index contributed by atoms with van der Waals surface area (Å²) in [6, 6.07) is 6.16. The van der Waals surface area contributed by atoms with Crippen LogP contribution >= 0.6 is 23.6 Å². The molecule has 0 atom stereocenters. The summed E-state index contributed by atoms with van der Waals surface area (Å²) >= 11 is 6.91. The van der Waals surface area contributed by atoms with Crippen LogP contribution < -0.4 is 10.6 Å². The number of hydrogen-bond acceptors (Lipinski definition) is 4. The Labute approximate surface area is 123 Å². The maximum absolute atomic E-state index is 5.81. The molecule has 3 nitrogen and oxygen atoms in total. The number of nitrogens with two attached hydrogens (primary N) is 1. The number of hydrogen-bond donors (Lipinski definition) is 1. The Bertz CT molecular complexity index is 564. The summed E-state index contributed by atoms with van der Waals surface area (Å²) in [6.45, 7) is 2.90. The third-order valence-electron chi connectivity index (χ3n) is 3.02. The predicted octanol–water partition coefficient (Wildman–Crippen LogP) is 2.76. The minimum Gasteiger partial charge on any atom is -0.389 e. The molecule has 0 amide bonds. The van der Waals surface area contributed by atoms with Crippen LogP contribution in [0.25, 0.3) is 0 Å². The van der Waals surface area contributed by atoms with Crippen LogP contribution in [-0.2, 0) is 6.42 Å². The standard InChI is InChI=1S/C14H17N3S2/c1-10-5-7-16-14(12(10)13(15)18)17(2)8-6-11-4-3-9-19-11/h3-5,7,9H,6,8H2,1-2H3,(H2,15,18). The van der Waals surface area contributed by atoms with Crippen molar-refractivity contribution in [1.82, 2.24) is 4.98 Å². The van der Waals surface area contributed by atoms with Gasteiger partial charge in [-0.25, -0.2) is 4.98 Å². The Hall–Kier alpha value is -1.46. The van der Waals surface area contributed by atoms with E-state index in [-0.39, 0.29) is 0 Å². The molecule has 2 aromatic rings. The molecule has 0 fully saturated rings. The average molecular weight is 291 g/mol. The zero-order valence-corrected chi connectivity index (χ0v) is 12.7. The molecule has 0 spiro atoms. The number of likely N-dealkylation sites (N-methyl/N-ethyl adjacent to an activating group) is 1. The number of rotatable bonds is 5. The molecule has 100 valence electrons. The van der Waals surface area contributed by atoms with Crippen molar-refractivity contribution in [3.05, 3.63) is 45.8 Å². The quantitative estimate of drug-likeness (QED) is 0.860. The Morgan fingerprint density at radius 3 is 2.89 bits per heavy atom. The van der Waals surface area contributed by atoms with E-state index in [1.807, 2.05) is 20.0 Å². The molecule has 0 aromatic carbocycles. The predicted molar refractivity (Wildman–Crippen MR) is 86.2 cm³/mol. The van der Waals surface area contributed by atoms with Gasteiger partial charge in [-0.3, -0.25) is 0 Å². The Balaban J connectivity index is 2.16. The van der Waals surface area contributed by atoms with Crippen molar-refractivity contribution < 1.29 is 0 Å². The first-order chi connectivity index (χ1) is 9.09. The zero-order chi connectivity index (χ0) is 13.8. The van der Waals surface area contributed by atoms with Crippen molar-refractivity contribution in [2.75, 3.05) is 18.5 Å². The number of anilines is 1. The second-order valence-electron chi connectivity index (χ2n) is 4.44. The van der Waals surface area contributed by atoms with E-state index in [1.54, 1.807) is 17.5 Å². The summed E-state index contributed by atoms with van der Waals surface area (Å²) in [6.07, 6.45) is 2.80. The Kier molecular flexibility index (Phi) is 4.50. The third kappa shape index (κ3) is 3.30. The summed E-state index contributed by atoms with van der Waals surface area (Å²) < 4.78 is 0. The van der Waals surface area contributed by atoms with Crippen LogP contribution in [0.4, 0.5) is 5.82 Å². The van der Waals surface area contributed by atoms with Crippen LogP contribution in [0, 0.1) is 6.92 Å². The second-order valence-corrected chi connectivity index (χ2v) is 5.91. The van der Waals surface area contributed by atoms with Crippen LogP contribution in [0.2, 0.25) is 0 Å². The fraction of sp³-hybridized carbons (Fsp3) is 0.286. The maximum Gasteiger partial charge on any atom is 0.138 e. The van der Waals surface area contributed by atoms with E-state index in [4.69, 9.17) is 18.0 Å². The number of pyridine rings is 1. The first-order valence-corrected chi connectivity index (χ1v) is 7.37. The first-order valence-electron chi connectivity index (χ1n) is 6.08. The lowest BCUT2D eigenvalue weighted by atomic mass is 10.1. The zero-order valence-electron chi connectivity index (χ0n) is 11.1. The molecular formula is C14H17N3S2. The normalized spacial score (nSPS) is 10.4. The van der Waals surface area contributed by atoms with Gasteiger partial charge in [-0.15, -0.1) is 11.3 Å². The van der Waals surface area contributed by atoms with E-state index >= 15 is 0 Å². The topological polar surface area (TPSA) is 42.2 Å². The highest BCUT2D eigenvalue weighted by Gasteiger charge is 2.13. The van der Waals surface area contributed by atoms with Gasteiger partial charge in [-0.05, 0) is 36.4 Å². The molecule has 0 bridgehead atoms. The van der Waals surface area contributed by atoms with E-state index < -0.39 is 0 Å². The molecular weight excluding hydrogens is 274 g/mol. The van der Waals surface area contributed by atoms with Gasteiger partial charge in [0.05, 0.1) is 5.56 Å². The van der Waals surface area contributed by atoms with E-state index in [1.165, 1.54) is 4.88 Å². The number of aromatic nitrogens is 1. The largest absolute Gasteiger partial charge is 0.389 e. The molecule has 0 saturated carbocycles. The van der Waals surface area contributed by atoms with Crippen LogP contribution in [-0.4, -0.2) is 23.6 Å². The molecule has 0 aliphatic carbocycles. The highest BCUT2D eigenvalue weighted by atomic mass is 32.1. The lowest BCUT2D eigenvalue weighted by Crippen LogP contribution is -2.25. The van der Waals surface area contributed by atoms with Gasteiger partial charge in [-0.2, -0.15) is 0 Å². The molecule has 2 N–H and O–H groups in total. The highest BCUT2D eigenvalue weighted by Crippen LogP contribution is 2.20. The Morgan fingerprint density at radius 2 is 2.26 bits per heavy atom.